The topological polar surface area (TPSA) is 40.5 Å². The summed E-state index contributed by atoms with van der Waals surface area (Å²) in [4.78, 5) is 0. The number of benzene rings is 1. The predicted molar refractivity (Wildman–Crippen MR) is 52.8 cm³/mol. The Balaban J connectivity index is 2.67. The zero-order valence-corrected chi connectivity index (χ0v) is 8.12. The van der Waals surface area contributed by atoms with Crippen molar-refractivity contribution < 1.29 is 10.2 Å². The van der Waals surface area contributed by atoms with Crippen molar-refractivity contribution in [3.8, 4) is 5.75 Å². The summed E-state index contributed by atoms with van der Waals surface area (Å²) in [6.07, 6.45) is 1.11. The van der Waals surface area contributed by atoms with Crippen LogP contribution in [0.5, 0.6) is 5.75 Å². The molecule has 0 aliphatic carbocycles. The van der Waals surface area contributed by atoms with Crippen molar-refractivity contribution in [1.82, 2.24) is 0 Å². The number of hydrogen-bond acceptors (Lipinski definition) is 2. The number of rotatable bonds is 3. The van der Waals surface area contributed by atoms with Crippen LogP contribution in [0.3, 0.4) is 0 Å². The summed E-state index contributed by atoms with van der Waals surface area (Å²) in [5.41, 5.74) is 1.96. The predicted octanol–water partition coefficient (Wildman–Crippen LogP) is 2.01. The smallest absolute Gasteiger partial charge is 0.119 e. The summed E-state index contributed by atoms with van der Waals surface area (Å²) in [7, 11) is 0. The van der Waals surface area contributed by atoms with Crippen molar-refractivity contribution in [1.29, 1.82) is 0 Å². The van der Waals surface area contributed by atoms with Crippen LogP contribution in [0.25, 0.3) is 0 Å². The summed E-state index contributed by atoms with van der Waals surface area (Å²) in [6, 6.07) is 5.63. The number of aromatic hydroxyl groups is 1. The van der Waals surface area contributed by atoms with Gasteiger partial charge in [0.1, 0.15) is 5.75 Å². The summed E-state index contributed by atoms with van der Waals surface area (Å²) < 4.78 is 0. The molecule has 0 heterocycles. The van der Waals surface area contributed by atoms with Crippen molar-refractivity contribution in [3.63, 3.8) is 0 Å². The molecule has 1 aromatic rings. The first-order valence-electron chi connectivity index (χ1n) is 4.56. The van der Waals surface area contributed by atoms with Crippen LogP contribution in [-0.2, 0) is 6.42 Å². The highest BCUT2D eigenvalue weighted by atomic mass is 16.3. The summed E-state index contributed by atoms with van der Waals surface area (Å²) >= 11 is 0. The molecule has 72 valence electrons. The molecule has 2 nitrogen and oxygen atoms in total. The number of hydrogen-bond donors (Lipinski definition) is 2. The van der Waals surface area contributed by atoms with Crippen molar-refractivity contribution in [2.45, 2.75) is 32.8 Å². The largest absolute Gasteiger partial charge is 0.508 e. The fourth-order valence-electron chi connectivity index (χ4n) is 1.25. The van der Waals surface area contributed by atoms with E-state index in [0.29, 0.717) is 12.2 Å². The van der Waals surface area contributed by atoms with E-state index >= 15 is 0 Å². The van der Waals surface area contributed by atoms with Gasteiger partial charge in [-0.3, -0.25) is 0 Å². The molecule has 0 spiro atoms. The third-order valence-corrected chi connectivity index (χ3v) is 2.07. The standard InChI is InChI=1S/C11H16O2/c1-8-3-5-10(11(13)7-8)6-4-9(2)12/h3,5,7,9,12-13H,4,6H2,1-2H3. The lowest BCUT2D eigenvalue weighted by molar-refractivity contribution is 0.184. The number of phenols is 1. The fraction of sp³-hybridized carbons (Fsp3) is 0.455. The molecular weight excluding hydrogens is 164 g/mol. The van der Waals surface area contributed by atoms with Gasteiger partial charge < -0.3 is 10.2 Å². The molecule has 0 radical (unpaired) electrons. The molecule has 0 amide bonds. The molecule has 0 aromatic heterocycles. The monoisotopic (exact) mass is 180 g/mol. The number of aliphatic hydroxyl groups excluding tert-OH is 1. The van der Waals surface area contributed by atoms with Gasteiger partial charge in [-0.15, -0.1) is 0 Å². The zero-order chi connectivity index (χ0) is 9.84. The minimum Gasteiger partial charge on any atom is -0.508 e. The Morgan fingerprint density at radius 1 is 1.38 bits per heavy atom. The van der Waals surface area contributed by atoms with E-state index in [2.05, 4.69) is 0 Å². The van der Waals surface area contributed by atoms with Crippen LogP contribution in [0, 0.1) is 6.92 Å². The maximum atomic E-state index is 9.52. The average Bonchev–Trinajstić information content (AvgIpc) is 2.02. The van der Waals surface area contributed by atoms with Gasteiger partial charge >= 0.3 is 0 Å². The van der Waals surface area contributed by atoms with Crippen molar-refractivity contribution in [3.05, 3.63) is 29.3 Å². The van der Waals surface area contributed by atoms with Crippen LogP contribution >= 0.6 is 0 Å². The average molecular weight is 180 g/mol. The molecule has 2 heteroatoms. The fourth-order valence-corrected chi connectivity index (χ4v) is 1.25. The first-order valence-corrected chi connectivity index (χ1v) is 4.56. The molecule has 0 aliphatic heterocycles. The lowest BCUT2D eigenvalue weighted by Crippen LogP contribution is -2.01. The van der Waals surface area contributed by atoms with E-state index in [1.54, 1.807) is 13.0 Å². The normalized spacial score (nSPS) is 12.8. The number of aryl methyl sites for hydroxylation is 2. The second-order valence-electron chi connectivity index (χ2n) is 3.52. The van der Waals surface area contributed by atoms with E-state index in [4.69, 9.17) is 5.11 Å². The van der Waals surface area contributed by atoms with E-state index in [0.717, 1.165) is 17.5 Å². The molecule has 0 saturated carbocycles. The Hall–Kier alpha value is -1.02. The summed E-state index contributed by atoms with van der Waals surface area (Å²) in [5, 5.41) is 18.6. The van der Waals surface area contributed by atoms with E-state index in [1.165, 1.54) is 0 Å². The molecule has 0 fully saturated rings. The highest BCUT2D eigenvalue weighted by Crippen LogP contribution is 2.20. The second-order valence-corrected chi connectivity index (χ2v) is 3.52. The Morgan fingerprint density at radius 2 is 2.08 bits per heavy atom. The van der Waals surface area contributed by atoms with Gasteiger partial charge in [-0.1, -0.05) is 12.1 Å². The highest BCUT2D eigenvalue weighted by Gasteiger charge is 2.02. The minimum atomic E-state index is -0.305. The molecular formula is C11H16O2. The molecule has 0 saturated heterocycles. The molecule has 1 atom stereocenters. The maximum absolute atomic E-state index is 9.52. The quantitative estimate of drug-likeness (QED) is 0.747. The van der Waals surface area contributed by atoms with Gasteiger partial charge in [0, 0.05) is 0 Å². The van der Waals surface area contributed by atoms with Gasteiger partial charge in [-0.05, 0) is 43.9 Å². The Kier molecular flexibility index (Phi) is 3.32. The van der Waals surface area contributed by atoms with Crippen molar-refractivity contribution >= 4 is 0 Å². The molecule has 1 unspecified atom stereocenters. The van der Waals surface area contributed by atoms with Crippen molar-refractivity contribution in [2.75, 3.05) is 0 Å². The molecule has 2 N–H and O–H groups in total. The van der Waals surface area contributed by atoms with Crippen LogP contribution in [0.4, 0.5) is 0 Å². The highest BCUT2D eigenvalue weighted by molar-refractivity contribution is 5.35. The lowest BCUT2D eigenvalue weighted by atomic mass is 10.0. The summed E-state index contributed by atoms with van der Waals surface area (Å²) in [6.45, 7) is 3.70. The molecule has 1 rings (SSSR count). The number of aliphatic hydroxyl groups is 1. The third kappa shape index (κ3) is 3.07. The second kappa shape index (κ2) is 4.28. The van der Waals surface area contributed by atoms with Gasteiger partial charge in [0.05, 0.1) is 6.10 Å². The maximum Gasteiger partial charge on any atom is 0.119 e. The van der Waals surface area contributed by atoms with Crippen molar-refractivity contribution in [2.24, 2.45) is 0 Å². The Labute approximate surface area is 78.8 Å². The Bertz CT molecular complexity index is 279. The van der Waals surface area contributed by atoms with Crippen LogP contribution in [-0.4, -0.2) is 16.3 Å². The molecule has 0 bridgehead atoms. The SMILES string of the molecule is Cc1ccc(CCC(C)O)c(O)c1. The van der Waals surface area contributed by atoms with Gasteiger partial charge in [0.15, 0.2) is 0 Å². The van der Waals surface area contributed by atoms with E-state index in [1.807, 2.05) is 19.1 Å². The number of phenolic OH excluding ortho intramolecular Hbond substituents is 1. The van der Waals surface area contributed by atoms with Crippen LogP contribution in [0.2, 0.25) is 0 Å². The van der Waals surface area contributed by atoms with Gasteiger partial charge in [-0.2, -0.15) is 0 Å². The van der Waals surface area contributed by atoms with Crippen LogP contribution < -0.4 is 0 Å². The van der Waals surface area contributed by atoms with E-state index in [-0.39, 0.29) is 6.10 Å². The van der Waals surface area contributed by atoms with Crippen LogP contribution in [0.15, 0.2) is 18.2 Å². The van der Waals surface area contributed by atoms with Gasteiger partial charge in [0.2, 0.25) is 0 Å². The molecule has 13 heavy (non-hydrogen) atoms. The third-order valence-electron chi connectivity index (χ3n) is 2.07. The Morgan fingerprint density at radius 3 is 2.62 bits per heavy atom. The minimum absolute atomic E-state index is 0.305. The van der Waals surface area contributed by atoms with E-state index < -0.39 is 0 Å². The lowest BCUT2D eigenvalue weighted by Gasteiger charge is -2.06. The molecule has 1 aromatic carbocycles. The first-order chi connectivity index (χ1) is 6.09. The van der Waals surface area contributed by atoms with Crippen LogP contribution in [0.1, 0.15) is 24.5 Å². The van der Waals surface area contributed by atoms with Gasteiger partial charge in [0.25, 0.3) is 0 Å². The van der Waals surface area contributed by atoms with E-state index in [9.17, 15) is 5.11 Å². The van der Waals surface area contributed by atoms with Gasteiger partial charge in [-0.25, -0.2) is 0 Å². The molecule has 0 aliphatic rings. The summed E-state index contributed by atoms with van der Waals surface area (Å²) in [5.74, 6) is 0.334. The first kappa shape index (κ1) is 10.1. The zero-order valence-electron chi connectivity index (χ0n) is 8.12.